The first-order valence-corrected chi connectivity index (χ1v) is 5.66. The number of nitrogens with zero attached hydrogens (tertiary/aromatic N) is 2. The van der Waals surface area contributed by atoms with Gasteiger partial charge in [-0.05, 0) is 23.6 Å². The molecule has 1 N–H and O–H groups in total. The molecule has 0 unspecified atom stereocenters. The van der Waals surface area contributed by atoms with Crippen molar-refractivity contribution in [1.82, 2.24) is 10.3 Å². The molecule has 1 aliphatic heterocycles. The Labute approximate surface area is 100 Å². The third-order valence-electron chi connectivity index (χ3n) is 2.34. The molecular formula is C13H15N3O. The van der Waals surface area contributed by atoms with Crippen LogP contribution in [0.4, 0.5) is 0 Å². The summed E-state index contributed by atoms with van der Waals surface area (Å²) < 4.78 is 0. The van der Waals surface area contributed by atoms with Crippen molar-refractivity contribution in [2.24, 2.45) is 10.9 Å². The topological polar surface area (TPSA) is 54.4 Å². The maximum Gasteiger partial charge on any atom is 0.275 e. The number of hydrogen-bond acceptors (Lipinski definition) is 3. The summed E-state index contributed by atoms with van der Waals surface area (Å²) in [5.41, 5.74) is 1.33. The number of aromatic nitrogens is 1. The third kappa shape index (κ3) is 3.00. The summed E-state index contributed by atoms with van der Waals surface area (Å²) in [6.45, 7) is 4.19. The number of rotatable bonds is 3. The average Bonchev–Trinajstić information content (AvgIpc) is 2.59. The van der Waals surface area contributed by atoms with E-state index in [2.05, 4.69) is 29.1 Å². The van der Waals surface area contributed by atoms with Gasteiger partial charge in [0.2, 0.25) is 0 Å². The Hall–Kier alpha value is -1.97. The first-order chi connectivity index (χ1) is 8.15. The minimum Gasteiger partial charge on any atom is -0.309 e. The molecule has 0 radical (unpaired) electrons. The van der Waals surface area contributed by atoms with Gasteiger partial charge < -0.3 is 5.32 Å². The number of carbonyl (C=O) groups is 1. The second kappa shape index (κ2) is 4.91. The van der Waals surface area contributed by atoms with Gasteiger partial charge in [-0.1, -0.05) is 19.9 Å². The highest BCUT2D eigenvalue weighted by Crippen LogP contribution is 2.13. The lowest BCUT2D eigenvalue weighted by atomic mass is 10.1. The van der Waals surface area contributed by atoms with E-state index in [-0.39, 0.29) is 5.91 Å². The molecule has 88 valence electrons. The van der Waals surface area contributed by atoms with Crippen LogP contribution in [-0.2, 0) is 4.79 Å². The molecule has 2 rings (SSSR count). The largest absolute Gasteiger partial charge is 0.309 e. The van der Waals surface area contributed by atoms with Crippen LogP contribution in [0.2, 0.25) is 0 Å². The molecular weight excluding hydrogens is 214 g/mol. The van der Waals surface area contributed by atoms with Crippen molar-refractivity contribution in [3.63, 3.8) is 0 Å². The van der Waals surface area contributed by atoms with E-state index >= 15 is 0 Å². The maximum absolute atomic E-state index is 11.7. The van der Waals surface area contributed by atoms with Crippen molar-refractivity contribution >= 4 is 17.8 Å². The van der Waals surface area contributed by atoms with E-state index in [4.69, 9.17) is 0 Å². The Kier molecular flexibility index (Phi) is 3.32. The molecule has 2 heterocycles. The zero-order valence-corrected chi connectivity index (χ0v) is 9.97. The highest BCUT2D eigenvalue weighted by Gasteiger charge is 2.20. The van der Waals surface area contributed by atoms with Gasteiger partial charge >= 0.3 is 0 Å². The Morgan fingerprint density at radius 2 is 2.29 bits per heavy atom. The number of nitrogens with one attached hydrogen (secondary N) is 1. The second-order valence-corrected chi connectivity index (χ2v) is 4.43. The summed E-state index contributed by atoms with van der Waals surface area (Å²) in [5, 5.41) is 2.78. The number of carbonyl (C=O) groups excluding carboxylic acids is 1. The minimum absolute atomic E-state index is 0.135. The Morgan fingerprint density at radius 3 is 2.94 bits per heavy atom. The number of amides is 1. The predicted molar refractivity (Wildman–Crippen MR) is 67.2 cm³/mol. The van der Waals surface area contributed by atoms with E-state index in [1.807, 2.05) is 12.1 Å². The molecule has 0 aromatic carbocycles. The molecule has 0 spiro atoms. The lowest BCUT2D eigenvalue weighted by Crippen LogP contribution is -2.24. The van der Waals surface area contributed by atoms with Crippen LogP contribution in [-0.4, -0.2) is 16.7 Å². The van der Waals surface area contributed by atoms with Crippen LogP contribution in [0.3, 0.4) is 0 Å². The molecule has 4 heteroatoms. The molecule has 0 saturated carbocycles. The molecule has 17 heavy (non-hydrogen) atoms. The third-order valence-corrected chi connectivity index (χ3v) is 2.34. The van der Waals surface area contributed by atoms with E-state index in [1.165, 1.54) is 0 Å². The summed E-state index contributed by atoms with van der Waals surface area (Å²) in [5.74, 6) is 1.09. The number of amidine groups is 1. The van der Waals surface area contributed by atoms with Crippen LogP contribution >= 0.6 is 0 Å². The first-order valence-electron chi connectivity index (χ1n) is 5.66. The fourth-order valence-corrected chi connectivity index (χ4v) is 1.62. The molecule has 0 saturated heterocycles. The number of pyridine rings is 1. The highest BCUT2D eigenvalue weighted by atomic mass is 16.2. The van der Waals surface area contributed by atoms with Crippen molar-refractivity contribution in [2.75, 3.05) is 0 Å². The van der Waals surface area contributed by atoms with E-state index in [0.29, 0.717) is 11.6 Å². The fourth-order valence-electron chi connectivity index (χ4n) is 1.62. The van der Waals surface area contributed by atoms with Gasteiger partial charge in [-0.2, -0.15) is 0 Å². The minimum atomic E-state index is -0.135. The van der Waals surface area contributed by atoms with Crippen molar-refractivity contribution in [3.8, 4) is 0 Å². The van der Waals surface area contributed by atoms with Gasteiger partial charge in [0.1, 0.15) is 11.5 Å². The van der Waals surface area contributed by atoms with E-state index in [0.717, 1.165) is 17.8 Å². The lowest BCUT2D eigenvalue weighted by molar-refractivity contribution is -0.115. The summed E-state index contributed by atoms with van der Waals surface area (Å²) >= 11 is 0. The molecule has 4 nitrogen and oxygen atoms in total. The fraction of sp³-hybridized carbons (Fsp3) is 0.308. The van der Waals surface area contributed by atoms with E-state index < -0.39 is 0 Å². The molecule has 1 amide bonds. The van der Waals surface area contributed by atoms with Crippen molar-refractivity contribution in [2.45, 2.75) is 20.3 Å². The highest BCUT2D eigenvalue weighted by molar-refractivity contribution is 6.14. The zero-order chi connectivity index (χ0) is 12.3. The molecule has 1 aromatic rings. The van der Waals surface area contributed by atoms with Gasteiger partial charge in [0.15, 0.2) is 0 Å². The van der Waals surface area contributed by atoms with E-state index in [1.54, 1.807) is 18.5 Å². The predicted octanol–water partition coefficient (Wildman–Crippen LogP) is 2.00. The van der Waals surface area contributed by atoms with Gasteiger partial charge in [-0.15, -0.1) is 0 Å². The van der Waals surface area contributed by atoms with Crippen LogP contribution in [0.5, 0.6) is 0 Å². The number of aliphatic imine (C=N–C) groups is 1. The maximum atomic E-state index is 11.7. The van der Waals surface area contributed by atoms with E-state index in [9.17, 15) is 4.79 Å². The van der Waals surface area contributed by atoms with Gasteiger partial charge in [-0.3, -0.25) is 9.78 Å². The van der Waals surface area contributed by atoms with Crippen LogP contribution in [0.15, 0.2) is 35.2 Å². The first kappa shape index (κ1) is 11.5. The summed E-state index contributed by atoms with van der Waals surface area (Å²) in [6.07, 6.45) is 5.94. The second-order valence-electron chi connectivity index (χ2n) is 4.43. The lowest BCUT2D eigenvalue weighted by Gasteiger charge is -2.02. The standard InChI is InChI=1S/C13H15N3O/c1-9(2)6-12-15-11(13(17)16-12)7-10-4-3-5-14-8-10/h3-5,7-9H,6H2,1-2H3,(H,15,16,17)/b11-7+. The average molecular weight is 229 g/mol. The summed E-state index contributed by atoms with van der Waals surface area (Å²) in [7, 11) is 0. The normalized spacial score (nSPS) is 17.5. The monoisotopic (exact) mass is 229 g/mol. The summed E-state index contributed by atoms with van der Waals surface area (Å²) in [4.78, 5) is 19.9. The Balaban J connectivity index is 2.19. The molecule has 1 aromatic heterocycles. The molecule has 1 aliphatic rings. The van der Waals surface area contributed by atoms with Crippen molar-refractivity contribution < 1.29 is 4.79 Å². The molecule has 0 atom stereocenters. The van der Waals surface area contributed by atoms with Gasteiger partial charge in [0, 0.05) is 18.8 Å². The molecule has 0 aliphatic carbocycles. The van der Waals surface area contributed by atoms with Gasteiger partial charge in [-0.25, -0.2) is 4.99 Å². The quantitative estimate of drug-likeness (QED) is 0.806. The SMILES string of the molecule is CC(C)CC1=N/C(=C/c2cccnc2)C(=O)N1. The Bertz CT molecular complexity index is 475. The molecule has 0 fully saturated rings. The van der Waals surface area contributed by atoms with Crippen LogP contribution < -0.4 is 5.32 Å². The van der Waals surface area contributed by atoms with Crippen molar-refractivity contribution in [1.29, 1.82) is 0 Å². The smallest absolute Gasteiger partial charge is 0.275 e. The molecule has 0 bridgehead atoms. The van der Waals surface area contributed by atoms with Crippen LogP contribution in [0.1, 0.15) is 25.8 Å². The van der Waals surface area contributed by atoms with Crippen LogP contribution in [0, 0.1) is 5.92 Å². The van der Waals surface area contributed by atoms with Crippen molar-refractivity contribution in [3.05, 3.63) is 35.8 Å². The number of hydrogen-bond donors (Lipinski definition) is 1. The summed E-state index contributed by atoms with van der Waals surface area (Å²) in [6, 6.07) is 3.72. The van der Waals surface area contributed by atoms with Crippen LogP contribution in [0.25, 0.3) is 6.08 Å². The Morgan fingerprint density at radius 1 is 1.47 bits per heavy atom. The zero-order valence-electron chi connectivity index (χ0n) is 9.97. The van der Waals surface area contributed by atoms with Gasteiger partial charge in [0.05, 0.1) is 0 Å². The van der Waals surface area contributed by atoms with Gasteiger partial charge in [0.25, 0.3) is 5.91 Å².